The standard InChI is InChI=1S/C13H25N5O/c1-10(19)3-4-12-15-13(17-16-12)18-7-5-11(6-8-18)9-14-2/h10-11,14,19H,3-9H2,1-2H3,(H,15,16,17). The van der Waals surface area contributed by atoms with E-state index in [2.05, 4.69) is 25.4 Å². The molecule has 19 heavy (non-hydrogen) atoms. The molecule has 1 fully saturated rings. The van der Waals surface area contributed by atoms with E-state index in [1.165, 1.54) is 12.8 Å². The van der Waals surface area contributed by atoms with Gasteiger partial charge in [-0.25, -0.2) is 0 Å². The lowest BCUT2D eigenvalue weighted by molar-refractivity contribution is 0.184. The van der Waals surface area contributed by atoms with Gasteiger partial charge < -0.3 is 15.3 Å². The van der Waals surface area contributed by atoms with E-state index >= 15 is 0 Å². The molecule has 0 aromatic carbocycles. The Bertz CT molecular complexity index is 371. The molecule has 2 heterocycles. The van der Waals surface area contributed by atoms with Crippen molar-refractivity contribution >= 4 is 5.95 Å². The Hall–Kier alpha value is -1.14. The van der Waals surface area contributed by atoms with Crippen LogP contribution in [0.25, 0.3) is 0 Å². The Labute approximate surface area is 114 Å². The zero-order chi connectivity index (χ0) is 13.7. The van der Waals surface area contributed by atoms with Crippen molar-refractivity contribution in [3.63, 3.8) is 0 Å². The highest BCUT2D eigenvalue weighted by atomic mass is 16.3. The van der Waals surface area contributed by atoms with Crippen LogP contribution in [0, 0.1) is 5.92 Å². The minimum atomic E-state index is -0.286. The quantitative estimate of drug-likeness (QED) is 0.702. The van der Waals surface area contributed by atoms with E-state index in [1.807, 2.05) is 7.05 Å². The van der Waals surface area contributed by atoms with Crippen LogP contribution in [0.4, 0.5) is 5.95 Å². The van der Waals surface area contributed by atoms with Crippen molar-refractivity contribution in [3.8, 4) is 0 Å². The highest BCUT2D eigenvalue weighted by molar-refractivity contribution is 5.29. The van der Waals surface area contributed by atoms with Crippen molar-refractivity contribution in [1.82, 2.24) is 20.5 Å². The van der Waals surface area contributed by atoms with Gasteiger partial charge in [0.05, 0.1) is 6.10 Å². The normalized spacial score (nSPS) is 18.8. The molecule has 0 spiro atoms. The van der Waals surface area contributed by atoms with Gasteiger partial charge in [0.2, 0.25) is 5.95 Å². The molecular formula is C13H25N5O. The molecule has 1 aromatic heterocycles. The largest absolute Gasteiger partial charge is 0.393 e. The lowest BCUT2D eigenvalue weighted by Gasteiger charge is -2.30. The molecular weight excluding hydrogens is 242 g/mol. The maximum absolute atomic E-state index is 9.27. The van der Waals surface area contributed by atoms with E-state index in [9.17, 15) is 5.11 Å². The van der Waals surface area contributed by atoms with Crippen molar-refractivity contribution in [3.05, 3.63) is 5.82 Å². The van der Waals surface area contributed by atoms with E-state index < -0.39 is 0 Å². The predicted molar refractivity (Wildman–Crippen MR) is 75.2 cm³/mol. The fourth-order valence-corrected chi connectivity index (χ4v) is 2.51. The lowest BCUT2D eigenvalue weighted by Crippen LogP contribution is -2.37. The summed E-state index contributed by atoms with van der Waals surface area (Å²) in [4.78, 5) is 6.75. The molecule has 1 aromatic rings. The SMILES string of the molecule is CNCC1CCN(c2n[nH]c(CCC(C)O)n2)CC1. The van der Waals surface area contributed by atoms with E-state index in [4.69, 9.17) is 0 Å². The monoisotopic (exact) mass is 267 g/mol. The minimum Gasteiger partial charge on any atom is -0.393 e. The number of aliphatic hydroxyl groups is 1. The molecule has 0 saturated carbocycles. The highest BCUT2D eigenvalue weighted by Gasteiger charge is 2.21. The number of aromatic amines is 1. The van der Waals surface area contributed by atoms with Crippen LogP contribution in [0.3, 0.4) is 0 Å². The number of aromatic nitrogens is 3. The van der Waals surface area contributed by atoms with E-state index in [1.54, 1.807) is 6.92 Å². The second-order valence-corrected chi connectivity index (χ2v) is 5.46. The first-order valence-corrected chi connectivity index (χ1v) is 7.18. The molecule has 0 amide bonds. The van der Waals surface area contributed by atoms with Gasteiger partial charge in [0, 0.05) is 19.5 Å². The van der Waals surface area contributed by atoms with Crippen molar-refractivity contribution in [2.75, 3.05) is 31.6 Å². The molecule has 3 N–H and O–H groups in total. The highest BCUT2D eigenvalue weighted by Crippen LogP contribution is 2.20. The van der Waals surface area contributed by atoms with Gasteiger partial charge in [-0.05, 0) is 45.7 Å². The number of nitrogens with zero attached hydrogens (tertiary/aromatic N) is 3. The summed E-state index contributed by atoms with van der Waals surface area (Å²) in [6.07, 6.45) is 3.57. The van der Waals surface area contributed by atoms with Gasteiger partial charge in [-0.3, -0.25) is 5.10 Å². The maximum atomic E-state index is 9.27. The predicted octanol–water partition coefficient (Wildman–Crippen LogP) is 0.554. The van der Waals surface area contributed by atoms with Crippen LogP contribution in [0.2, 0.25) is 0 Å². The van der Waals surface area contributed by atoms with Gasteiger partial charge in [0.1, 0.15) is 5.82 Å². The first kappa shape index (κ1) is 14.3. The van der Waals surface area contributed by atoms with Crippen LogP contribution >= 0.6 is 0 Å². The van der Waals surface area contributed by atoms with Gasteiger partial charge in [0.25, 0.3) is 0 Å². The number of piperidine rings is 1. The third kappa shape index (κ3) is 4.18. The van der Waals surface area contributed by atoms with E-state index in [-0.39, 0.29) is 6.10 Å². The van der Waals surface area contributed by atoms with Crippen molar-refractivity contribution in [2.24, 2.45) is 5.92 Å². The lowest BCUT2D eigenvalue weighted by atomic mass is 9.97. The summed E-state index contributed by atoms with van der Waals surface area (Å²) in [6.45, 7) is 4.95. The van der Waals surface area contributed by atoms with Crippen molar-refractivity contribution in [1.29, 1.82) is 0 Å². The van der Waals surface area contributed by atoms with Gasteiger partial charge in [-0.1, -0.05) is 0 Å². The number of aryl methyl sites for hydroxylation is 1. The third-order valence-corrected chi connectivity index (χ3v) is 3.71. The molecule has 1 saturated heterocycles. The first-order valence-electron chi connectivity index (χ1n) is 7.18. The third-order valence-electron chi connectivity index (χ3n) is 3.71. The molecule has 6 nitrogen and oxygen atoms in total. The Balaban J connectivity index is 1.82. The Morgan fingerprint density at radius 1 is 1.47 bits per heavy atom. The number of hydrogen-bond donors (Lipinski definition) is 3. The Morgan fingerprint density at radius 3 is 2.84 bits per heavy atom. The average Bonchev–Trinajstić information content (AvgIpc) is 2.86. The molecule has 108 valence electrons. The molecule has 1 unspecified atom stereocenters. The number of rotatable bonds is 6. The Morgan fingerprint density at radius 2 is 2.21 bits per heavy atom. The minimum absolute atomic E-state index is 0.286. The fraction of sp³-hybridized carbons (Fsp3) is 0.846. The number of nitrogens with one attached hydrogen (secondary N) is 2. The van der Waals surface area contributed by atoms with E-state index in [0.29, 0.717) is 0 Å². The molecule has 0 aliphatic carbocycles. The van der Waals surface area contributed by atoms with Crippen LogP contribution in [0.15, 0.2) is 0 Å². The molecule has 2 rings (SSSR count). The Kier molecular flexibility index (Phi) is 5.15. The van der Waals surface area contributed by atoms with Crippen LogP contribution in [0.1, 0.15) is 32.0 Å². The summed E-state index contributed by atoms with van der Waals surface area (Å²) in [5.74, 6) is 2.45. The van der Waals surface area contributed by atoms with E-state index in [0.717, 1.165) is 50.2 Å². The number of H-pyrrole nitrogens is 1. The number of hydrogen-bond acceptors (Lipinski definition) is 5. The smallest absolute Gasteiger partial charge is 0.244 e. The molecule has 1 aliphatic heterocycles. The van der Waals surface area contributed by atoms with Gasteiger partial charge in [-0.2, -0.15) is 4.98 Å². The topological polar surface area (TPSA) is 77.1 Å². The summed E-state index contributed by atoms with van der Waals surface area (Å²) in [6, 6.07) is 0. The summed E-state index contributed by atoms with van der Waals surface area (Å²) < 4.78 is 0. The summed E-state index contributed by atoms with van der Waals surface area (Å²) >= 11 is 0. The van der Waals surface area contributed by atoms with Gasteiger partial charge >= 0.3 is 0 Å². The maximum Gasteiger partial charge on any atom is 0.244 e. The van der Waals surface area contributed by atoms with Crippen molar-refractivity contribution < 1.29 is 5.11 Å². The second kappa shape index (κ2) is 6.86. The van der Waals surface area contributed by atoms with Gasteiger partial charge in [-0.15, -0.1) is 5.10 Å². The van der Waals surface area contributed by atoms with Crippen LogP contribution in [-0.4, -0.2) is 53.1 Å². The fourth-order valence-electron chi connectivity index (χ4n) is 2.51. The summed E-state index contributed by atoms with van der Waals surface area (Å²) in [5, 5.41) is 19.8. The summed E-state index contributed by atoms with van der Waals surface area (Å²) in [5.41, 5.74) is 0. The average molecular weight is 267 g/mol. The molecule has 6 heteroatoms. The number of aliphatic hydroxyl groups excluding tert-OH is 1. The van der Waals surface area contributed by atoms with Crippen LogP contribution in [-0.2, 0) is 6.42 Å². The molecule has 1 atom stereocenters. The first-order chi connectivity index (χ1) is 9.19. The van der Waals surface area contributed by atoms with Crippen LogP contribution in [0.5, 0.6) is 0 Å². The summed E-state index contributed by atoms with van der Waals surface area (Å²) in [7, 11) is 2.01. The molecule has 1 aliphatic rings. The van der Waals surface area contributed by atoms with Crippen LogP contribution < -0.4 is 10.2 Å². The number of anilines is 1. The molecule has 0 radical (unpaired) electrons. The second-order valence-electron chi connectivity index (χ2n) is 5.46. The van der Waals surface area contributed by atoms with Crippen molar-refractivity contribution in [2.45, 2.75) is 38.7 Å². The van der Waals surface area contributed by atoms with Gasteiger partial charge in [0.15, 0.2) is 0 Å². The molecule has 0 bridgehead atoms. The zero-order valence-electron chi connectivity index (χ0n) is 11.9. The zero-order valence-corrected chi connectivity index (χ0v) is 11.9.